The summed E-state index contributed by atoms with van der Waals surface area (Å²) in [5, 5.41) is 5.13. The number of hydrogen-bond donors (Lipinski definition) is 2. The number of nitrogens with one attached hydrogen (secondary N) is 2. The van der Waals surface area contributed by atoms with Crippen LogP contribution in [0.15, 0.2) is 24.3 Å². The summed E-state index contributed by atoms with van der Waals surface area (Å²) in [4.78, 5) is 23.8. The largest absolute Gasteiger partial charge is 0.573 e. The van der Waals surface area contributed by atoms with E-state index in [1.54, 1.807) is 0 Å². The van der Waals surface area contributed by atoms with Gasteiger partial charge in [0.1, 0.15) is 11.8 Å². The number of halogens is 3. The Hall–Kier alpha value is -2.25. The Bertz CT molecular complexity index is 557. The summed E-state index contributed by atoms with van der Waals surface area (Å²) in [6, 6.07) is 4.38. The number of carbonyl (C=O) groups is 2. The van der Waals surface area contributed by atoms with Crippen LogP contribution in [-0.4, -0.2) is 31.3 Å². The molecule has 0 bridgehead atoms. The maximum atomic E-state index is 12.1. The second-order valence-electron chi connectivity index (χ2n) is 5.73. The molecule has 1 aromatic rings. The SMILES string of the molecule is CNC(=O)[C@H](CC(C)C)NC(=O)Cc1ccc(OC(F)(F)F)cc1. The van der Waals surface area contributed by atoms with Crippen LogP contribution in [0.2, 0.25) is 0 Å². The number of likely N-dealkylation sites (N-methyl/N-ethyl adjacent to an activating group) is 1. The molecule has 1 atom stereocenters. The highest BCUT2D eigenvalue weighted by Crippen LogP contribution is 2.22. The average molecular weight is 346 g/mol. The molecule has 0 unspecified atom stereocenters. The number of ether oxygens (including phenoxy) is 1. The van der Waals surface area contributed by atoms with Gasteiger partial charge in [0, 0.05) is 7.05 Å². The molecule has 2 N–H and O–H groups in total. The van der Waals surface area contributed by atoms with Crippen molar-refractivity contribution in [3.05, 3.63) is 29.8 Å². The lowest BCUT2D eigenvalue weighted by Crippen LogP contribution is -2.46. The standard InChI is InChI=1S/C16H21F3N2O3/c1-10(2)8-13(15(23)20-3)21-14(22)9-11-4-6-12(7-5-11)24-16(17,18)19/h4-7,10,13H,8-9H2,1-3H3,(H,20,23)(H,21,22)/t13-/m0/s1. The van der Waals surface area contributed by atoms with Gasteiger partial charge in [-0.2, -0.15) is 0 Å². The van der Waals surface area contributed by atoms with Crippen LogP contribution in [0, 0.1) is 5.92 Å². The first-order valence-corrected chi connectivity index (χ1v) is 7.46. The zero-order chi connectivity index (χ0) is 18.3. The third kappa shape index (κ3) is 7.34. The Morgan fingerprint density at radius 1 is 1.17 bits per heavy atom. The van der Waals surface area contributed by atoms with E-state index >= 15 is 0 Å². The summed E-state index contributed by atoms with van der Waals surface area (Å²) in [6.07, 6.45) is -4.31. The monoisotopic (exact) mass is 346 g/mol. The molecule has 0 aliphatic rings. The normalized spacial score (nSPS) is 12.6. The van der Waals surface area contributed by atoms with Crippen molar-refractivity contribution < 1.29 is 27.5 Å². The molecule has 0 spiro atoms. The molecule has 0 heterocycles. The smallest absolute Gasteiger partial charge is 0.406 e. The second kappa shape index (κ2) is 8.56. The fourth-order valence-electron chi connectivity index (χ4n) is 2.12. The molecule has 8 heteroatoms. The minimum atomic E-state index is -4.75. The third-order valence-corrected chi connectivity index (χ3v) is 3.13. The highest BCUT2D eigenvalue weighted by molar-refractivity contribution is 5.88. The van der Waals surface area contributed by atoms with Crippen molar-refractivity contribution in [3.63, 3.8) is 0 Å². The molecule has 1 rings (SSSR count). The lowest BCUT2D eigenvalue weighted by Gasteiger charge is -2.19. The molecular weight excluding hydrogens is 325 g/mol. The maximum Gasteiger partial charge on any atom is 0.573 e. The van der Waals surface area contributed by atoms with E-state index in [-0.39, 0.29) is 29.9 Å². The molecule has 0 radical (unpaired) electrons. The van der Waals surface area contributed by atoms with Gasteiger partial charge in [0.15, 0.2) is 0 Å². The van der Waals surface area contributed by atoms with Gasteiger partial charge in [0.05, 0.1) is 6.42 Å². The molecular formula is C16H21F3N2O3. The van der Waals surface area contributed by atoms with Crippen LogP contribution in [-0.2, 0) is 16.0 Å². The van der Waals surface area contributed by atoms with Crippen molar-refractivity contribution in [2.45, 2.75) is 39.1 Å². The highest BCUT2D eigenvalue weighted by Gasteiger charge is 2.31. The minimum Gasteiger partial charge on any atom is -0.406 e. The van der Waals surface area contributed by atoms with E-state index in [4.69, 9.17) is 0 Å². The zero-order valence-corrected chi connectivity index (χ0v) is 13.7. The highest BCUT2D eigenvalue weighted by atomic mass is 19.4. The van der Waals surface area contributed by atoms with Crippen molar-refractivity contribution >= 4 is 11.8 Å². The average Bonchev–Trinajstić information content (AvgIpc) is 2.45. The third-order valence-electron chi connectivity index (χ3n) is 3.13. The topological polar surface area (TPSA) is 67.4 Å². The molecule has 0 saturated carbocycles. The van der Waals surface area contributed by atoms with Crippen LogP contribution >= 0.6 is 0 Å². The Morgan fingerprint density at radius 2 is 1.75 bits per heavy atom. The number of benzene rings is 1. The molecule has 0 aliphatic heterocycles. The number of alkyl halides is 3. The van der Waals surface area contributed by atoms with E-state index < -0.39 is 12.4 Å². The predicted octanol–water partition coefficient (Wildman–Crippen LogP) is 2.40. The van der Waals surface area contributed by atoms with Crippen molar-refractivity contribution in [1.29, 1.82) is 0 Å². The summed E-state index contributed by atoms with van der Waals surface area (Å²) >= 11 is 0. The lowest BCUT2D eigenvalue weighted by molar-refractivity contribution is -0.274. The van der Waals surface area contributed by atoms with E-state index in [1.165, 1.54) is 19.2 Å². The van der Waals surface area contributed by atoms with E-state index in [1.807, 2.05) is 13.8 Å². The zero-order valence-electron chi connectivity index (χ0n) is 13.7. The van der Waals surface area contributed by atoms with E-state index in [9.17, 15) is 22.8 Å². The molecule has 0 fully saturated rings. The maximum absolute atomic E-state index is 12.1. The van der Waals surface area contributed by atoms with E-state index in [2.05, 4.69) is 15.4 Å². The van der Waals surface area contributed by atoms with Gasteiger partial charge in [0.2, 0.25) is 11.8 Å². The molecule has 24 heavy (non-hydrogen) atoms. The first-order chi connectivity index (χ1) is 11.1. The van der Waals surface area contributed by atoms with E-state index in [0.717, 1.165) is 12.1 Å². The molecule has 0 aliphatic carbocycles. The van der Waals surface area contributed by atoms with Gasteiger partial charge in [-0.1, -0.05) is 26.0 Å². The van der Waals surface area contributed by atoms with Gasteiger partial charge in [-0.25, -0.2) is 0 Å². The quantitative estimate of drug-likeness (QED) is 0.797. The summed E-state index contributed by atoms with van der Waals surface area (Å²) < 4.78 is 40.0. The van der Waals surface area contributed by atoms with Gasteiger partial charge in [-0.3, -0.25) is 9.59 Å². The molecule has 5 nitrogen and oxygen atoms in total. The van der Waals surface area contributed by atoms with Crippen molar-refractivity contribution in [2.24, 2.45) is 5.92 Å². The van der Waals surface area contributed by atoms with Crippen molar-refractivity contribution in [1.82, 2.24) is 10.6 Å². The Labute approximate surface area is 138 Å². The molecule has 1 aromatic carbocycles. The lowest BCUT2D eigenvalue weighted by atomic mass is 10.0. The van der Waals surface area contributed by atoms with Crippen molar-refractivity contribution in [2.75, 3.05) is 7.05 Å². The van der Waals surface area contributed by atoms with Crippen LogP contribution in [0.1, 0.15) is 25.8 Å². The summed E-state index contributed by atoms with van der Waals surface area (Å²) in [5.74, 6) is -0.805. The fraction of sp³-hybridized carbons (Fsp3) is 0.500. The second-order valence-corrected chi connectivity index (χ2v) is 5.73. The van der Waals surface area contributed by atoms with Gasteiger partial charge >= 0.3 is 6.36 Å². The van der Waals surface area contributed by atoms with Gasteiger partial charge in [-0.05, 0) is 30.0 Å². The Balaban J connectivity index is 2.64. The van der Waals surface area contributed by atoms with Crippen LogP contribution in [0.3, 0.4) is 0 Å². The van der Waals surface area contributed by atoms with E-state index in [0.29, 0.717) is 12.0 Å². The molecule has 134 valence electrons. The summed E-state index contributed by atoms with van der Waals surface area (Å²) in [6.45, 7) is 3.86. The number of amides is 2. The van der Waals surface area contributed by atoms with Gasteiger partial charge in [0.25, 0.3) is 0 Å². The van der Waals surface area contributed by atoms with Gasteiger partial charge in [-0.15, -0.1) is 13.2 Å². The summed E-state index contributed by atoms with van der Waals surface area (Å²) in [5.41, 5.74) is 0.516. The van der Waals surface area contributed by atoms with Crippen LogP contribution < -0.4 is 15.4 Å². The number of hydrogen-bond acceptors (Lipinski definition) is 3. The molecule has 2 amide bonds. The molecule has 0 saturated heterocycles. The Morgan fingerprint density at radius 3 is 2.21 bits per heavy atom. The van der Waals surface area contributed by atoms with Crippen LogP contribution in [0.4, 0.5) is 13.2 Å². The van der Waals surface area contributed by atoms with Crippen molar-refractivity contribution in [3.8, 4) is 5.75 Å². The van der Waals surface area contributed by atoms with Crippen LogP contribution in [0.5, 0.6) is 5.75 Å². The number of carbonyl (C=O) groups excluding carboxylic acids is 2. The first kappa shape index (κ1) is 19.8. The minimum absolute atomic E-state index is 0.0438. The predicted molar refractivity (Wildman–Crippen MR) is 82.3 cm³/mol. The van der Waals surface area contributed by atoms with Gasteiger partial charge < -0.3 is 15.4 Å². The summed E-state index contributed by atoms with van der Waals surface area (Å²) in [7, 11) is 1.49. The Kier molecular flexibility index (Phi) is 7.06. The number of rotatable bonds is 7. The fourth-order valence-corrected chi connectivity index (χ4v) is 2.12. The first-order valence-electron chi connectivity index (χ1n) is 7.46. The molecule has 0 aromatic heterocycles. The van der Waals surface area contributed by atoms with Crippen LogP contribution in [0.25, 0.3) is 0 Å².